The smallest absolute Gasteiger partial charge is 0.253 e. The quantitative estimate of drug-likeness (QED) is 0.666. The van der Waals surface area contributed by atoms with E-state index in [2.05, 4.69) is 10.3 Å². The molecule has 1 saturated carbocycles. The number of likely N-dealkylation sites (tertiary alicyclic amines) is 1. The molecule has 8 heteroatoms. The molecule has 3 heterocycles. The zero-order valence-electron chi connectivity index (χ0n) is 18.1. The molecule has 1 saturated heterocycles. The second kappa shape index (κ2) is 7.65. The first kappa shape index (κ1) is 19.8. The van der Waals surface area contributed by atoms with Crippen LogP contribution >= 0.6 is 0 Å². The third kappa shape index (κ3) is 3.61. The van der Waals surface area contributed by atoms with Gasteiger partial charge >= 0.3 is 0 Å². The molecule has 0 radical (unpaired) electrons. The number of carbonyl (C=O) groups excluding carboxylic acids is 2. The highest BCUT2D eigenvalue weighted by Gasteiger charge is 2.58. The maximum Gasteiger partial charge on any atom is 0.253 e. The molecule has 33 heavy (non-hydrogen) atoms. The Kier molecular flexibility index (Phi) is 4.60. The molecule has 1 aliphatic carbocycles. The summed E-state index contributed by atoms with van der Waals surface area (Å²) in [6.45, 7) is 1.56. The first-order valence-corrected chi connectivity index (χ1v) is 11.2. The molecule has 2 aliphatic heterocycles. The number of imidazole rings is 1. The van der Waals surface area contributed by atoms with E-state index in [1.807, 2.05) is 52.1 Å². The summed E-state index contributed by atoms with van der Waals surface area (Å²) < 4.78 is 12.6. The van der Waals surface area contributed by atoms with Crippen molar-refractivity contribution in [2.45, 2.75) is 19.3 Å². The SMILES string of the molecule is O=C(Nc1ccc2c(c1)OCO2)[C@@H]1CC12CCN(C(=O)c1ccc(-n3ccnc3)cc1)CC2. The van der Waals surface area contributed by atoms with Crippen LogP contribution in [0, 0.1) is 11.3 Å². The third-order valence-electron chi connectivity index (χ3n) is 7.11. The summed E-state index contributed by atoms with van der Waals surface area (Å²) in [6.07, 6.45) is 7.91. The molecular formula is C25H24N4O4. The zero-order chi connectivity index (χ0) is 22.4. The maximum absolute atomic E-state index is 13.0. The molecule has 168 valence electrons. The lowest BCUT2D eigenvalue weighted by Crippen LogP contribution is -2.40. The van der Waals surface area contributed by atoms with Gasteiger partial charge in [0.25, 0.3) is 5.91 Å². The molecule has 1 aromatic heterocycles. The molecule has 0 bridgehead atoms. The van der Waals surface area contributed by atoms with Crippen molar-refractivity contribution in [2.75, 3.05) is 25.2 Å². The maximum atomic E-state index is 13.0. The van der Waals surface area contributed by atoms with E-state index in [9.17, 15) is 9.59 Å². The number of amides is 2. The van der Waals surface area contributed by atoms with Crippen LogP contribution in [0.25, 0.3) is 5.69 Å². The van der Waals surface area contributed by atoms with Gasteiger partial charge in [0.15, 0.2) is 11.5 Å². The molecule has 0 unspecified atom stereocenters. The summed E-state index contributed by atoms with van der Waals surface area (Å²) in [5.74, 6) is 1.44. The second-order valence-electron chi connectivity index (χ2n) is 8.99. The lowest BCUT2D eigenvalue weighted by Gasteiger charge is -2.33. The van der Waals surface area contributed by atoms with Gasteiger partial charge in [0.05, 0.1) is 6.33 Å². The van der Waals surface area contributed by atoms with E-state index in [1.165, 1.54) is 0 Å². The Bertz CT molecular complexity index is 1200. The van der Waals surface area contributed by atoms with Gasteiger partial charge in [0.1, 0.15) is 0 Å². The van der Waals surface area contributed by atoms with Gasteiger partial charge in [-0.05, 0) is 61.1 Å². The van der Waals surface area contributed by atoms with Crippen LogP contribution in [0.1, 0.15) is 29.6 Å². The number of aromatic nitrogens is 2. The first-order valence-electron chi connectivity index (χ1n) is 11.2. The van der Waals surface area contributed by atoms with Crippen LogP contribution in [-0.2, 0) is 4.79 Å². The number of rotatable bonds is 4. The van der Waals surface area contributed by atoms with Crippen LogP contribution in [0.15, 0.2) is 61.2 Å². The Morgan fingerprint density at radius 2 is 1.82 bits per heavy atom. The van der Waals surface area contributed by atoms with E-state index in [0.29, 0.717) is 30.2 Å². The van der Waals surface area contributed by atoms with Crippen LogP contribution in [0.5, 0.6) is 11.5 Å². The number of carbonyl (C=O) groups is 2. The fraction of sp³-hybridized carbons (Fsp3) is 0.320. The van der Waals surface area contributed by atoms with Crippen LogP contribution in [0.2, 0.25) is 0 Å². The van der Waals surface area contributed by atoms with Crippen molar-refractivity contribution in [1.82, 2.24) is 14.5 Å². The molecule has 2 fully saturated rings. The van der Waals surface area contributed by atoms with E-state index in [-0.39, 0.29) is 29.9 Å². The second-order valence-corrected chi connectivity index (χ2v) is 8.99. The van der Waals surface area contributed by atoms with Gasteiger partial charge in [-0.1, -0.05) is 0 Å². The van der Waals surface area contributed by atoms with Crippen molar-refractivity contribution in [3.63, 3.8) is 0 Å². The number of benzene rings is 2. The molecule has 3 aliphatic rings. The average Bonchev–Trinajstić information content (AvgIpc) is 3.21. The topological polar surface area (TPSA) is 85.7 Å². The Morgan fingerprint density at radius 3 is 2.58 bits per heavy atom. The van der Waals surface area contributed by atoms with Gasteiger partial charge in [-0.2, -0.15) is 0 Å². The summed E-state index contributed by atoms with van der Waals surface area (Å²) in [6, 6.07) is 13.0. The average molecular weight is 444 g/mol. The number of nitrogens with one attached hydrogen (secondary N) is 1. The summed E-state index contributed by atoms with van der Waals surface area (Å²) in [4.78, 5) is 31.8. The van der Waals surface area contributed by atoms with Gasteiger partial charge in [-0.25, -0.2) is 4.98 Å². The van der Waals surface area contributed by atoms with Crippen LogP contribution < -0.4 is 14.8 Å². The van der Waals surface area contributed by atoms with Gasteiger partial charge in [0.2, 0.25) is 12.7 Å². The van der Waals surface area contributed by atoms with Crippen LogP contribution in [0.4, 0.5) is 5.69 Å². The Morgan fingerprint density at radius 1 is 1.03 bits per heavy atom. The number of anilines is 1. The molecule has 3 aromatic rings. The predicted molar refractivity (Wildman–Crippen MR) is 120 cm³/mol. The fourth-order valence-corrected chi connectivity index (χ4v) is 5.00. The highest BCUT2D eigenvalue weighted by atomic mass is 16.7. The van der Waals surface area contributed by atoms with Crippen LogP contribution in [-0.4, -0.2) is 46.1 Å². The van der Waals surface area contributed by atoms with E-state index >= 15 is 0 Å². The number of hydrogen-bond donors (Lipinski definition) is 1. The molecule has 1 atom stereocenters. The molecule has 1 N–H and O–H groups in total. The van der Waals surface area contributed by atoms with Gasteiger partial charge < -0.3 is 24.3 Å². The molecule has 1 spiro atoms. The highest BCUT2D eigenvalue weighted by Crippen LogP contribution is 2.59. The standard InChI is InChI=1S/C25H24N4O4/c30-23(27-18-3-6-21-22(13-18)33-16-32-21)20-14-25(20)7-10-28(11-8-25)24(31)17-1-4-19(5-2-17)29-12-9-26-15-29/h1-6,9,12-13,15,20H,7-8,10-11,14,16H2,(H,27,30)/t20-/m0/s1. The van der Waals surface area contributed by atoms with Crippen molar-refractivity contribution in [1.29, 1.82) is 0 Å². The number of ether oxygens (including phenoxy) is 2. The van der Waals surface area contributed by atoms with Crippen molar-refractivity contribution in [3.05, 3.63) is 66.7 Å². The van der Waals surface area contributed by atoms with Crippen molar-refractivity contribution in [2.24, 2.45) is 11.3 Å². The van der Waals surface area contributed by atoms with Crippen molar-refractivity contribution in [3.8, 4) is 17.2 Å². The van der Waals surface area contributed by atoms with Crippen molar-refractivity contribution >= 4 is 17.5 Å². The normalized spacial score (nSPS) is 20.0. The predicted octanol–water partition coefficient (Wildman–Crippen LogP) is 3.48. The minimum absolute atomic E-state index is 0.00496. The Hall–Kier alpha value is -3.81. The number of hydrogen-bond acceptors (Lipinski definition) is 5. The monoisotopic (exact) mass is 444 g/mol. The van der Waals surface area contributed by atoms with E-state index in [0.717, 1.165) is 30.6 Å². The molecule has 8 nitrogen and oxygen atoms in total. The largest absolute Gasteiger partial charge is 0.454 e. The van der Waals surface area contributed by atoms with Crippen molar-refractivity contribution < 1.29 is 19.1 Å². The van der Waals surface area contributed by atoms with E-state index < -0.39 is 0 Å². The highest BCUT2D eigenvalue weighted by molar-refractivity contribution is 5.96. The summed E-state index contributed by atoms with van der Waals surface area (Å²) in [5, 5.41) is 3.02. The van der Waals surface area contributed by atoms with E-state index in [1.54, 1.807) is 18.6 Å². The minimum atomic E-state index is -0.00496. The molecule has 2 aromatic carbocycles. The lowest BCUT2D eigenvalue weighted by atomic mass is 9.90. The Balaban J connectivity index is 1.05. The number of nitrogens with zero attached hydrogens (tertiary/aromatic N) is 3. The summed E-state index contributed by atoms with van der Waals surface area (Å²) in [5.41, 5.74) is 2.39. The third-order valence-corrected chi connectivity index (χ3v) is 7.11. The number of fused-ring (bicyclic) bond motifs is 1. The van der Waals surface area contributed by atoms with Gasteiger partial charge in [-0.15, -0.1) is 0 Å². The Labute approximate surface area is 191 Å². The molecular weight excluding hydrogens is 420 g/mol. The molecule has 6 rings (SSSR count). The first-order chi connectivity index (χ1) is 16.1. The summed E-state index contributed by atoms with van der Waals surface area (Å²) in [7, 11) is 0. The van der Waals surface area contributed by atoms with E-state index in [4.69, 9.17) is 9.47 Å². The van der Waals surface area contributed by atoms with Crippen LogP contribution in [0.3, 0.4) is 0 Å². The lowest BCUT2D eigenvalue weighted by molar-refractivity contribution is -0.118. The minimum Gasteiger partial charge on any atom is -0.454 e. The fourth-order valence-electron chi connectivity index (χ4n) is 5.00. The summed E-state index contributed by atoms with van der Waals surface area (Å²) >= 11 is 0. The van der Waals surface area contributed by atoms with Gasteiger partial charge in [-0.3, -0.25) is 9.59 Å². The van der Waals surface area contributed by atoms with Gasteiger partial charge in [0, 0.05) is 54.4 Å². The number of piperidine rings is 1. The zero-order valence-corrected chi connectivity index (χ0v) is 18.1. The molecule has 2 amide bonds.